The third kappa shape index (κ3) is 2.43. The van der Waals surface area contributed by atoms with E-state index >= 15 is 0 Å². The van der Waals surface area contributed by atoms with Gasteiger partial charge < -0.3 is 14.9 Å². The lowest BCUT2D eigenvalue weighted by Crippen LogP contribution is -2.56. The average Bonchev–Trinajstić information content (AvgIpc) is 2.82. The molecule has 0 aromatic heterocycles. The summed E-state index contributed by atoms with van der Waals surface area (Å²) < 4.78 is 0. The molecule has 0 saturated carbocycles. The highest BCUT2D eigenvalue weighted by molar-refractivity contribution is 5.82. The molecular formula is C12H21N3O3. The number of carboxylic acid groups (broad SMARTS) is 1. The maximum atomic E-state index is 12.2. The van der Waals surface area contributed by atoms with Crippen molar-refractivity contribution in [3.05, 3.63) is 0 Å². The summed E-state index contributed by atoms with van der Waals surface area (Å²) in [4.78, 5) is 28.6. The van der Waals surface area contributed by atoms with Gasteiger partial charge >= 0.3 is 12.0 Å². The summed E-state index contributed by atoms with van der Waals surface area (Å²) >= 11 is 0. The van der Waals surface area contributed by atoms with Gasteiger partial charge in [-0.25, -0.2) is 9.59 Å². The normalized spacial score (nSPS) is 25.7. The van der Waals surface area contributed by atoms with Crippen LogP contribution in [0.3, 0.4) is 0 Å². The quantitative estimate of drug-likeness (QED) is 0.770. The number of hydrogen-bond acceptors (Lipinski definition) is 3. The summed E-state index contributed by atoms with van der Waals surface area (Å²) in [5, 5.41) is 8.93. The molecule has 2 aliphatic heterocycles. The van der Waals surface area contributed by atoms with E-state index < -0.39 is 12.0 Å². The molecule has 18 heavy (non-hydrogen) atoms. The second kappa shape index (κ2) is 5.14. The minimum Gasteiger partial charge on any atom is -0.480 e. The second-order valence-electron chi connectivity index (χ2n) is 5.19. The third-order valence-electron chi connectivity index (χ3n) is 4.10. The Labute approximate surface area is 107 Å². The smallest absolute Gasteiger partial charge is 0.326 e. The summed E-state index contributed by atoms with van der Waals surface area (Å²) in [5.74, 6) is -0.967. The highest BCUT2D eigenvalue weighted by atomic mass is 16.4. The molecule has 2 fully saturated rings. The Balaban J connectivity index is 1.95. The van der Waals surface area contributed by atoms with Gasteiger partial charge in [0.2, 0.25) is 0 Å². The van der Waals surface area contributed by atoms with E-state index in [1.54, 1.807) is 11.9 Å². The number of fused-ring (bicyclic) bond motifs is 1. The molecule has 2 amide bonds. The Kier molecular flexibility index (Phi) is 3.75. The van der Waals surface area contributed by atoms with E-state index in [0.717, 1.165) is 26.1 Å². The zero-order valence-corrected chi connectivity index (χ0v) is 11.0. The van der Waals surface area contributed by atoms with Gasteiger partial charge in [-0.05, 0) is 26.3 Å². The molecule has 2 unspecified atom stereocenters. The Morgan fingerprint density at radius 1 is 1.33 bits per heavy atom. The summed E-state index contributed by atoms with van der Waals surface area (Å²) in [5.41, 5.74) is 0. The van der Waals surface area contributed by atoms with Crippen LogP contribution in [0.25, 0.3) is 0 Å². The molecule has 0 spiro atoms. The first-order chi connectivity index (χ1) is 8.50. The average molecular weight is 255 g/mol. The van der Waals surface area contributed by atoms with E-state index in [4.69, 9.17) is 5.11 Å². The van der Waals surface area contributed by atoms with Crippen molar-refractivity contribution in [3.8, 4) is 0 Å². The van der Waals surface area contributed by atoms with Crippen molar-refractivity contribution in [2.24, 2.45) is 0 Å². The molecule has 0 aliphatic carbocycles. The number of likely N-dealkylation sites (N-methyl/N-ethyl adjacent to an activating group) is 1. The lowest BCUT2D eigenvalue weighted by Gasteiger charge is -2.39. The lowest BCUT2D eigenvalue weighted by atomic mass is 10.1. The maximum absolute atomic E-state index is 12.2. The number of piperazine rings is 1. The Morgan fingerprint density at radius 2 is 2.06 bits per heavy atom. The third-order valence-corrected chi connectivity index (χ3v) is 4.10. The Morgan fingerprint density at radius 3 is 2.72 bits per heavy atom. The summed E-state index contributed by atoms with van der Waals surface area (Å²) in [6.45, 7) is 5.01. The van der Waals surface area contributed by atoms with Crippen LogP contribution in [0.15, 0.2) is 0 Å². The van der Waals surface area contributed by atoms with Gasteiger partial charge in [-0.1, -0.05) is 0 Å². The van der Waals surface area contributed by atoms with Gasteiger partial charge in [0, 0.05) is 32.7 Å². The van der Waals surface area contributed by atoms with Gasteiger partial charge in [0.1, 0.15) is 6.04 Å². The van der Waals surface area contributed by atoms with E-state index in [2.05, 4.69) is 4.90 Å². The number of carbonyl (C=O) groups excluding carboxylic acids is 1. The van der Waals surface area contributed by atoms with Crippen LogP contribution in [-0.4, -0.2) is 77.1 Å². The molecule has 2 heterocycles. The Hall–Kier alpha value is -1.30. The highest BCUT2D eigenvalue weighted by Gasteiger charge is 2.34. The SMILES string of the molecule is CC(C(=O)O)N(C)C(=O)N1CCN2CCCC2C1. The fourth-order valence-electron chi connectivity index (χ4n) is 2.72. The number of rotatable bonds is 2. The van der Waals surface area contributed by atoms with Crippen molar-refractivity contribution >= 4 is 12.0 Å². The number of carbonyl (C=O) groups is 2. The van der Waals surface area contributed by atoms with Crippen molar-refractivity contribution < 1.29 is 14.7 Å². The first-order valence-corrected chi connectivity index (χ1v) is 6.49. The van der Waals surface area contributed by atoms with Crippen molar-refractivity contribution in [3.63, 3.8) is 0 Å². The van der Waals surface area contributed by atoms with Gasteiger partial charge in [0.15, 0.2) is 0 Å². The molecule has 2 atom stereocenters. The van der Waals surface area contributed by atoms with Crippen LogP contribution < -0.4 is 0 Å². The number of carboxylic acids is 1. The molecule has 102 valence electrons. The molecule has 2 rings (SSSR count). The van der Waals surface area contributed by atoms with E-state index in [9.17, 15) is 9.59 Å². The van der Waals surface area contributed by atoms with Crippen LogP contribution in [0.1, 0.15) is 19.8 Å². The fraction of sp³-hybridized carbons (Fsp3) is 0.833. The molecule has 0 aromatic carbocycles. The van der Waals surface area contributed by atoms with Crippen molar-refractivity contribution in [1.82, 2.24) is 14.7 Å². The van der Waals surface area contributed by atoms with Gasteiger partial charge in [-0.3, -0.25) is 4.90 Å². The van der Waals surface area contributed by atoms with Crippen LogP contribution in [0, 0.1) is 0 Å². The van der Waals surface area contributed by atoms with Gasteiger partial charge in [-0.2, -0.15) is 0 Å². The molecule has 2 aliphatic rings. The predicted molar refractivity (Wildman–Crippen MR) is 66.4 cm³/mol. The van der Waals surface area contributed by atoms with Crippen LogP contribution in [0.2, 0.25) is 0 Å². The van der Waals surface area contributed by atoms with Crippen LogP contribution in [-0.2, 0) is 4.79 Å². The van der Waals surface area contributed by atoms with E-state index in [1.165, 1.54) is 18.2 Å². The lowest BCUT2D eigenvalue weighted by molar-refractivity contribution is -0.141. The molecule has 6 nitrogen and oxygen atoms in total. The Bertz CT molecular complexity index is 347. The number of amides is 2. The predicted octanol–water partition coefficient (Wildman–Crippen LogP) is 0.291. The monoisotopic (exact) mass is 255 g/mol. The van der Waals surface area contributed by atoms with Gasteiger partial charge in [-0.15, -0.1) is 0 Å². The van der Waals surface area contributed by atoms with Crippen LogP contribution >= 0.6 is 0 Å². The van der Waals surface area contributed by atoms with E-state index in [-0.39, 0.29) is 6.03 Å². The molecule has 0 radical (unpaired) electrons. The second-order valence-corrected chi connectivity index (χ2v) is 5.19. The van der Waals surface area contributed by atoms with Crippen molar-refractivity contribution in [2.45, 2.75) is 31.8 Å². The standard InChI is InChI=1S/C12H21N3O3/c1-9(11(16)17)13(2)12(18)15-7-6-14-5-3-4-10(14)8-15/h9-10H,3-8H2,1-2H3,(H,16,17). The van der Waals surface area contributed by atoms with Gasteiger partial charge in [0.25, 0.3) is 0 Å². The van der Waals surface area contributed by atoms with Crippen molar-refractivity contribution in [1.29, 1.82) is 0 Å². The van der Waals surface area contributed by atoms with Crippen LogP contribution in [0.4, 0.5) is 4.79 Å². The minimum absolute atomic E-state index is 0.170. The molecule has 1 N–H and O–H groups in total. The number of hydrogen-bond donors (Lipinski definition) is 1. The molecule has 2 saturated heterocycles. The highest BCUT2D eigenvalue weighted by Crippen LogP contribution is 2.22. The van der Waals surface area contributed by atoms with E-state index in [1.807, 2.05) is 0 Å². The van der Waals surface area contributed by atoms with E-state index in [0.29, 0.717) is 12.6 Å². The topological polar surface area (TPSA) is 64.1 Å². The largest absolute Gasteiger partial charge is 0.480 e. The van der Waals surface area contributed by atoms with Crippen molar-refractivity contribution in [2.75, 3.05) is 33.2 Å². The first kappa shape index (κ1) is 13.1. The fourth-order valence-corrected chi connectivity index (χ4v) is 2.72. The summed E-state index contributed by atoms with van der Waals surface area (Å²) in [6, 6.07) is -0.480. The van der Waals surface area contributed by atoms with Gasteiger partial charge in [0.05, 0.1) is 0 Å². The summed E-state index contributed by atoms with van der Waals surface area (Å²) in [7, 11) is 1.56. The minimum atomic E-state index is -0.967. The zero-order chi connectivity index (χ0) is 13.3. The number of urea groups is 1. The molecule has 0 bridgehead atoms. The molecule has 0 aromatic rings. The first-order valence-electron chi connectivity index (χ1n) is 6.49. The summed E-state index contributed by atoms with van der Waals surface area (Å²) in [6.07, 6.45) is 2.34. The maximum Gasteiger partial charge on any atom is 0.326 e. The number of aliphatic carboxylic acids is 1. The zero-order valence-electron chi connectivity index (χ0n) is 11.0. The molecule has 6 heteroatoms. The molecular weight excluding hydrogens is 234 g/mol. The number of nitrogens with zero attached hydrogens (tertiary/aromatic N) is 3. The van der Waals surface area contributed by atoms with Crippen LogP contribution in [0.5, 0.6) is 0 Å².